The number of ether oxygens (including phenoxy) is 1. The Morgan fingerprint density at radius 3 is 2.91 bits per heavy atom. The van der Waals surface area contributed by atoms with E-state index in [9.17, 15) is 10.2 Å². The van der Waals surface area contributed by atoms with Crippen LogP contribution in [0.1, 0.15) is 30.9 Å². The van der Waals surface area contributed by atoms with Crippen molar-refractivity contribution < 1.29 is 14.9 Å². The third-order valence-electron chi connectivity index (χ3n) is 6.67. The van der Waals surface area contributed by atoms with E-state index in [0.29, 0.717) is 12.3 Å². The number of likely N-dealkylation sites (tertiary alicyclic amines) is 1. The quantitative estimate of drug-likeness (QED) is 0.433. The topological polar surface area (TPSA) is 78.7 Å². The van der Waals surface area contributed by atoms with Crippen molar-refractivity contribution in [1.82, 2.24) is 14.9 Å². The number of hydrogen-bond acceptors (Lipinski definition) is 7. The molecule has 4 rings (SSSR count). The number of methoxy groups -OCH3 is 1. The minimum atomic E-state index is -0.559. The van der Waals surface area contributed by atoms with Crippen molar-refractivity contribution in [2.24, 2.45) is 11.8 Å². The highest BCUT2D eigenvalue weighted by Crippen LogP contribution is 2.33. The van der Waals surface area contributed by atoms with E-state index < -0.39 is 6.10 Å². The molecule has 3 aromatic rings. The molecule has 0 spiro atoms. The van der Waals surface area contributed by atoms with Gasteiger partial charge < -0.3 is 19.8 Å². The van der Waals surface area contributed by atoms with Crippen LogP contribution >= 0.6 is 11.8 Å². The second-order valence-electron chi connectivity index (χ2n) is 8.71. The van der Waals surface area contributed by atoms with Gasteiger partial charge in [-0.25, -0.2) is 0 Å². The lowest BCUT2D eigenvalue weighted by Gasteiger charge is -2.38. The number of nitrogens with zero attached hydrogens (tertiary/aromatic N) is 3. The van der Waals surface area contributed by atoms with Crippen LogP contribution in [0.15, 0.2) is 59.9 Å². The van der Waals surface area contributed by atoms with E-state index in [1.54, 1.807) is 19.5 Å². The highest BCUT2D eigenvalue weighted by Gasteiger charge is 2.29. The van der Waals surface area contributed by atoms with E-state index in [2.05, 4.69) is 20.9 Å². The molecule has 6 nitrogen and oxygen atoms in total. The maximum atomic E-state index is 11.0. The Morgan fingerprint density at radius 2 is 2.12 bits per heavy atom. The lowest BCUT2D eigenvalue weighted by Crippen LogP contribution is -2.43. The lowest BCUT2D eigenvalue weighted by molar-refractivity contribution is 0.0608. The van der Waals surface area contributed by atoms with E-state index in [0.717, 1.165) is 60.4 Å². The molecule has 0 amide bonds. The summed E-state index contributed by atoms with van der Waals surface area (Å²) in [7, 11) is 1.65. The molecule has 0 radical (unpaired) electrons. The van der Waals surface area contributed by atoms with Gasteiger partial charge in [0, 0.05) is 54.3 Å². The molecular formula is C26H33N3O3S. The molecule has 3 atom stereocenters. The van der Waals surface area contributed by atoms with E-state index in [4.69, 9.17) is 4.74 Å². The number of benzene rings is 1. The number of rotatable bonds is 10. The van der Waals surface area contributed by atoms with Gasteiger partial charge in [0.05, 0.1) is 18.7 Å². The largest absolute Gasteiger partial charge is 0.497 e. The number of piperidine rings is 1. The third kappa shape index (κ3) is 6.23. The number of aliphatic hydroxyl groups is 2. The first-order chi connectivity index (χ1) is 16.2. The zero-order valence-electron chi connectivity index (χ0n) is 19.1. The zero-order chi connectivity index (χ0) is 23.0. The first-order valence-corrected chi connectivity index (χ1v) is 12.6. The van der Waals surface area contributed by atoms with Gasteiger partial charge in [-0.15, -0.1) is 11.8 Å². The van der Waals surface area contributed by atoms with Gasteiger partial charge in [-0.1, -0.05) is 0 Å². The van der Waals surface area contributed by atoms with Crippen LogP contribution in [-0.2, 0) is 0 Å². The average molecular weight is 468 g/mol. The standard InChI is InChI=1S/C26H33N3O3S/c1-32-21-5-6-25-24(15-21)23(8-11-28-25)26(31)7-4-19-9-12-29(17-20(19)18-30)13-14-33-22-3-2-10-27-16-22/h2-3,5-6,8,10-11,15-16,19-20,26,30-31H,4,7,9,12-14,17-18H2,1H3/t19-,20-,26-/m1/s1. The monoisotopic (exact) mass is 467 g/mol. The highest BCUT2D eigenvalue weighted by molar-refractivity contribution is 7.99. The van der Waals surface area contributed by atoms with Crippen molar-refractivity contribution in [1.29, 1.82) is 0 Å². The fraction of sp³-hybridized carbons (Fsp3) is 0.462. The van der Waals surface area contributed by atoms with Crippen LogP contribution in [0, 0.1) is 11.8 Å². The first-order valence-electron chi connectivity index (χ1n) is 11.6. The fourth-order valence-corrected chi connectivity index (χ4v) is 5.66. The van der Waals surface area contributed by atoms with Crippen molar-refractivity contribution in [2.75, 3.05) is 39.1 Å². The van der Waals surface area contributed by atoms with Crippen molar-refractivity contribution in [2.45, 2.75) is 30.3 Å². The Balaban J connectivity index is 1.30. The Kier molecular flexibility index (Phi) is 8.56. The molecule has 3 heterocycles. The molecule has 2 N–H and O–H groups in total. The highest BCUT2D eigenvalue weighted by atomic mass is 32.2. The average Bonchev–Trinajstić information content (AvgIpc) is 2.87. The number of thioether (sulfide) groups is 1. The van der Waals surface area contributed by atoms with Crippen LogP contribution in [0.4, 0.5) is 0 Å². The summed E-state index contributed by atoms with van der Waals surface area (Å²) >= 11 is 1.83. The molecule has 176 valence electrons. The number of fused-ring (bicyclic) bond motifs is 1. The first kappa shape index (κ1) is 24.0. The van der Waals surface area contributed by atoms with E-state index in [1.165, 1.54) is 4.90 Å². The Bertz CT molecular complexity index is 1020. The molecule has 0 aliphatic carbocycles. The van der Waals surface area contributed by atoms with Crippen LogP contribution in [-0.4, -0.2) is 64.2 Å². The van der Waals surface area contributed by atoms with Gasteiger partial charge in [0.15, 0.2) is 0 Å². The van der Waals surface area contributed by atoms with Crippen LogP contribution in [0.25, 0.3) is 10.9 Å². The molecule has 1 fully saturated rings. The molecule has 0 bridgehead atoms. The summed E-state index contributed by atoms with van der Waals surface area (Å²) in [5.74, 6) is 2.46. The Morgan fingerprint density at radius 1 is 1.21 bits per heavy atom. The number of aromatic nitrogens is 2. The molecule has 0 saturated carbocycles. The maximum Gasteiger partial charge on any atom is 0.119 e. The second-order valence-corrected chi connectivity index (χ2v) is 9.87. The number of pyridine rings is 2. The van der Waals surface area contributed by atoms with Crippen LogP contribution in [0.2, 0.25) is 0 Å². The van der Waals surface area contributed by atoms with Gasteiger partial charge in [-0.3, -0.25) is 9.97 Å². The summed E-state index contributed by atoms with van der Waals surface area (Å²) in [4.78, 5) is 12.2. The molecular weight excluding hydrogens is 434 g/mol. The Labute approximate surface area is 200 Å². The van der Waals surface area contributed by atoms with E-state index >= 15 is 0 Å². The van der Waals surface area contributed by atoms with Gasteiger partial charge >= 0.3 is 0 Å². The smallest absolute Gasteiger partial charge is 0.119 e. The summed E-state index contributed by atoms with van der Waals surface area (Å²) in [6.07, 6.45) is 7.53. The van der Waals surface area contributed by atoms with Gasteiger partial charge in [0.1, 0.15) is 5.75 Å². The fourth-order valence-electron chi connectivity index (χ4n) is 4.76. The second kappa shape index (κ2) is 11.8. The van der Waals surface area contributed by atoms with Gasteiger partial charge in [-0.2, -0.15) is 0 Å². The van der Waals surface area contributed by atoms with Gasteiger partial charge in [-0.05, 0) is 79.6 Å². The minimum absolute atomic E-state index is 0.197. The minimum Gasteiger partial charge on any atom is -0.497 e. The van der Waals surface area contributed by atoms with Crippen molar-refractivity contribution >= 4 is 22.7 Å². The maximum absolute atomic E-state index is 11.0. The van der Waals surface area contributed by atoms with E-state index in [1.807, 2.05) is 48.3 Å². The molecule has 1 aromatic carbocycles. The molecule has 2 aromatic heterocycles. The SMILES string of the molecule is COc1ccc2nccc([C@H](O)CC[C@@H]3CCN(CCSc4cccnc4)C[C@@H]3CO)c2c1. The summed E-state index contributed by atoms with van der Waals surface area (Å²) in [6.45, 7) is 3.17. The predicted octanol–water partition coefficient (Wildman–Crippen LogP) is 4.17. The number of aliphatic hydroxyl groups excluding tert-OH is 2. The van der Waals surface area contributed by atoms with Gasteiger partial charge in [0.2, 0.25) is 0 Å². The molecule has 7 heteroatoms. The molecule has 1 saturated heterocycles. The van der Waals surface area contributed by atoms with E-state index in [-0.39, 0.29) is 12.5 Å². The van der Waals surface area contributed by atoms with Gasteiger partial charge in [0.25, 0.3) is 0 Å². The summed E-state index contributed by atoms with van der Waals surface area (Å²) in [5.41, 5.74) is 1.75. The van der Waals surface area contributed by atoms with Crippen molar-refractivity contribution in [3.05, 3.63) is 60.6 Å². The van der Waals surface area contributed by atoms with Crippen LogP contribution in [0.5, 0.6) is 5.75 Å². The van der Waals surface area contributed by atoms with Crippen molar-refractivity contribution in [3.63, 3.8) is 0 Å². The summed E-state index contributed by atoms with van der Waals surface area (Å²) in [5, 5.41) is 22.0. The zero-order valence-corrected chi connectivity index (χ0v) is 20.0. The van der Waals surface area contributed by atoms with Crippen LogP contribution in [0.3, 0.4) is 0 Å². The summed E-state index contributed by atoms with van der Waals surface area (Å²) in [6, 6.07) is 11.7. The Hall–Kier alpha value is -2.19. The molecule has 0 unspecified atom stereocenters. The number of hydrogen-bond donors (Lipinski definition) is 2. The van der Waals surface area contributed by atoms with Crippen molar-refractivity contribution in [3.8, 4) is 5.75 Å². The van der Waals surface area contributed by atoms with Crippen LogP contribution < -0.4 is 4.74 Å². The lowest BCUT2D eigenvalue weighted by atomic mass is 9.81. The third-order valence-corrected chi connectivity index (χ3v) is 7.63. The summed E-state index contributed by atoms with van der Waals surface area (Å²) < 4.78 is 5.36. The molecule has 1 aliphatic rings. The predicted molar refractivity (Wildman–Crippen MR) is 133 cm³/mol. The molecule has 1 aliphatic heterocycles. The normalized spacial score (nSPS) is 20.1. The molecule has 33 heavy (non-hydrogen) atoms.